The number of aromatic nitrogens is 2. The maximum absolute atomic E-state index is 13.5. The standard InChI is InChI=1S/C30H20Cl2F3N3O3/c1-40-26-15-22(31)14-20(27(26)41-17-19-7-2-4-11-24(19)32)16-36-38-28(18-8-6-9-21(13-18)30(33,34)35)37-25-12-5-3-10-23(25)29(38)39/h2-16H,17H2,1H3. The summed E-state index contributed by atoms with van der Waals surface area (Å²) < 4.78 is 52.9. The molecule has 0 spiro atoms. The van der Waals surface area contributed by atoms with Crippen LogP contribution in [0, 0.1) is 0 Å². The molecule has 0 aliphatic heterocycles. The first-order chi connectivity index (χ1) is 19.7. The Morgan fingerprint density at radius 1 is 0.976 bits per heavy atom. The molecule has 5 rings (SSSR count). The second-order valence-corrected chi connectivity index (χ2v) is 9.64. The van der Waals surface area contributed by atoms with Gasteiger partial charge in [-0.25, -0.2) is 4.98 Å². The van der Waals surface area contributed by atoms with Gasteiger partial charge in [0.05, 0.1) is 29.8 Å². The number of alkyl halides is 3. The highest BCUT2D eigenvalue weighted by atomic mass is 35.5. The predicted molar refractivity (Wildman–Crippen MR) is 153 cm³/mol. The fraction of sp³-hybridized carbons (Fsp3) is 0.100. The van der Waals surface area contributed by atoms with Crippen molar-refractivity contribution in [2.75, 3.05) is 7.11 Å². The van der Waals surface area contributed by atoms with Crippen LogP contribution in [0.15, 0.2) is 94.8 Å². The molecule has 6 nitrogen and oxygen atoms in total. The van der Waals surface area contributed by atoms with E-state index in [0.717, 1.165) is 22.4 Å². The molecule has 0 aliphatic carbocycles. The van der Waals surface area contributed by atoms with Crippen molar-refractivity contribution in [1.29, 1.82) is 0 Å². The second-order valence-electron chi connectivity index (χ2n) is 8.80. The number of fused-ring (bicyclic) bond motifs is 1. The molecular weight excluding hydrogens is 578 g/mol. The number of nitrogens with zero attached hydrogens (tertiary/aromatic N) is 3. The van der Waals surface area contributed by atoms with E-state index in [9.17, 15) is 18.0 Å². The van der Waals surface area contributed by atoms with Gasteiger partial charge < -0.3 is 9.47 Å². The minimum atomic E-state index is -4.59. The van der Waals surface area contributed by atoms with Crippen molar-refractivity contribution < 1.29 is 22.6 Å². The Kier molecular flexibility index (Phi) is 8.01. The van der Waals surface area contributed by atoms with Crippen LogP contribution in [0.1, 0.15) is 16.7 Å². The van der Waals surface area contributed by atoms with E-state index in [1.807, 2.05) is 6.07 Å². The Morgan fingerprint density at radius 3 is 2.49 bits per heavy atom. The van der Waals surface area contributed by atoms with E-state index in [1.165, 1.54) is 25.5 Å². The largest absolute Gasteiger partial charge is 0.493 e. The monoisotopic (exact) mass is 597 g/mol. The Balaban J connectivity index is 1.65. The Hall–Kier alpha value is -4.34. The summed E-state index contributed by atoms with van der Waals surface area (Å²) in [6, 6.07) is 21.3. The molecule has 208 valence electrons. The molecule has 0 aliphatic rings. The molecule has 1 heterocycles. The SMILES string of the molecule is COc1cc(Cl)cc(C=Nn2c(-c3cccc(C(F)(F)F)c3)nc3ccccc3c2=O)c1OCc1ccccc1Cl. The topological polar surface area (TPSA) is 65.7 Å². The van der Waals surface area contributed by atoms with Gasteiger partial charge in [0.1, 0.15) is 6.61 Å². The zero-order chi connectivity index (χ0) is 29.1. The quantitative estimate of drug-likeness (QED) is 0.179. The molecular formula is C30H20Cl2F3N3O3. The lowest BCUT2D eigenvalue weighted by atomic mass is 10.1. The van der Waals surface area contributed by atoms with E-state index in [4.69, 9.17) is 32.7 Å². The van der Waals surface area contributed by atoms with Crippen molar-refractivity contribution in [3.8, 4) is 22.9 Å². The van der Waals surface area contributed by atoms with Crippen LogP contribution in [0.2, 0.25) is 10.0 Å². The van der Waals surface area contributed by atoms with Gasteiger partial charge >= 0.3 is 6.18 Å². The van der Waals surface area contributed by atoms with Gasteiger partial charge in [0.15, 0.2) is 17.3 Å². The van der Waals surface area contributed by atoms with Gasteiger partial charge in [0, 0.05) is 32.8 Å². The summed E-state index contributed by atoms with van der Waals surface area (Å²) in [4.78, 5) is 18.0. The van der Waals surface area contributed by atoms with Crippen LogP contribution in [0.5, 0.6) is 11.5 Å². The molecule has 0 saturated carbocycles. The molecule has 1 aromatic heterocycles. The Bertz CT molecular complexity index is 1840. The molecule has 0 atom stereocenters. The van der Waals surface area contributed by atoms with Crippen molar-refractivity contribution in [2.24, 2.45) is 5.10 Å². The summed E-state index contributed by atoms with van der Waals surface area (Å²) in [5, 5.41) is 5.41. The van der Waals surface area contributed by atoms with Gasteiger partial charge in [-0.05, 0) is 36.4 Å². The van der Waals surface area contributed by atoms with E-state index in [1.54, 1.807) is 54.6 Å². The minimum absolute atomic E-state index is 0.0543. The zero-order valence-corrected chi connectivity index (χ0v) is 22.8. The van der Waals surface area contributed by atoms with Crippen LogP contribution in [0.3, 0.4) is 0 Å². The normalized spacial score (nSPS) is 11.8. The average molecular weight is 598 g/mol. The van der Waals surface area contributed by atoms with Crippen LogP contribution in [0.4, 0.5) is 13.2 Å². The first-order valence-electron chi connectivity index (χ1n) is 12.1. The molecule has 0 fully saturated rings. The summed E-state index contributed by atoms with van der Waals surface area (Å²) >= 11 is 12.6. The first-order valence-corrected chi connectivity index (χ1v) is 12.9. The van der Waals surface area contributed by atoms with Gasteiger partial charge in [-0.2, -0.15) is 22.9 Å². The maximum Gasteiger partial charge on any atom is 0.416 e. The Labute approximate surface area is 242 Å². The highest BCUT2D eigenvalue weighted by Crippen LogP contribution is 2.35. The average Bonchev–Trinajstić information content (AvgIpc) is 2.96. The smallest absolute Gasteiger partial charge is 0.416 e. The van der Waals surface area contributed by atoms with Crippen LogP contribution >= 0.6 is 23.2 Å². The molecule has 41 heavy (non-hydrogen) atoms. The third kappa shape index (κ3) is 6.06. The number of ether oxygens (including phenoxy) is 2. The number of para-hydroxylation sites is 1. The number of benzene rings is 4. The third-order valence-electron chi connectivity index (χ3n) is 6.11. The zero-order valence-electron chi connectivity index (χ0n) is 21.3. The van der Waals surface area contributed by atoms with Crippen LogP contribution in [0.25, 0.3) is 22.3 Å². The highest BCUT2D eigenvalue weighted by Gasteiger charge is 2.31. The predicted octanol–water partition coefficient (Wildman–Crippen LogP) is 7.86. The van der Waals surface area contributed by atoms with Crippen molar-refractivity contribution in [3.63, 3.8) is 0 Å². The highest BCUT2D eigenvalue weighted by molar-refractivity contribution is 6.31. The fourth-order valence-electron chi connectivity index (χ4n) is 4.13. The number of hydrogen-bond acceptors (Lipinski definition) is 5. The van der Waals surface area contributed by atoms with Crippen molar-refractivity contribution in [1.82, 2.24) is 9.66 Å². The number of hydrogen-bond donors (Lipinski definition) is 0. The summed E-state index contributed by atoms with van der Waals surface area (Å²) in [6.07, 6.45) is -3.28. The van der Waals surface area contributed by atoms with E-state index in [2.05, 4.69) is 10.1 Å². The molecule has 5 aromatic rings. The van der Waals surface area contributed by atoms with E-state index < -0.39 is 17.3 Å². The molecule has 0 saturated heterocycles. The van der Waals surface area contributed by atoms with Gasteiger partial charge in [-0.15, -0.1) is 0 Å². The van der Waals surface area contributed by atoms with Gasteiger partial charge in [-0.1, -0.05) is 65.7 Å². The molecule has 11 heteroatoms. The Morgan fingerprint density at radius 2 is 1.73 bits per heavy atom. The number of methoxy groups -OCH3 is 1. The van der Waals surface area contributed by atoms with Crippen molar-refractivity contribution >= 4 is 40.3 Å². The van der Waals surface area contributed by atoms with E-state index in [-0.39, 0.29) is 29.1 Å². The summed E-state index contributed by atoms with van der Waals surface area (Å²) in [7, 11) is 1.44. The molecule has 0 N–H and O–H groups in total. The molecule has 0 radical (unpaired) electrons. The van der Waals surface area contributed by atoms with E-state index >= 15 is 0 Å². The van der Waals surface area contributed by atoms with Crippen molar-refractivity contribution in [3.05, 3.63) is 122 Å². The van der Waals surface area contributed by atoms with Crippen LogP contribution in [-0.2, 0) is 12.8 Å². The number of rotatable bonds is 7. The third-order valence-corrected chi connectivity index (χ3v) is 6.70. The van der Waals surface area contributed by atoms with Crippen LogP contribution in [-0.4, -0.2) is 23.0 Å². The lowest BCUT2D eigenvalue weighted by molar-refractivity contribution is -0.137. The second kappa shape index (κ2) is 11.6. The fourth-order valence-corrected chi connectivity index (χ4v) is 4.54. The maximum atomic E-state index is 13.5. The van der Waals surface area contributed by atoms with E-state index in [0.29, 0.717) is 26.9 Å². The van der Waals surface area contributed by atoms with Crippen molar-refractivity contribution in [2.45, 2.75) is 12.8 Å². The van der Waals surface area contributed by atoms with Gasteiger partial charge in [-0.3, -0.25) is 4.79 Å². The summed E-state index contributed by atoms with van der Waals surface area (Å²) in [6.45, 7) is 0.0888. The van der Waals surface area contributed by atoms with Gasteiger partial charge in [0.25, 0.3) is 5.56 Å². The molecule has 0 unspecified atom stereocenters. The molecule has 4 aromatic carbocycles. The number of halogens is 5. The first kappa shape index (κ1) is 28.2. The summed E-state index contributed by atoms with van der Waals surface area (Å²) in [5.74, 6) is 0.486. The molecule has 0 amide bonds. The lowest BCUT2D eigenvalue weighted by Crippen LogP contribution is -2.20. The van der Waals surface area contributed by atoms with Crippen LogP contribution < -0.4 is 15.0 Å². The molecule has 0 bridgehead atoms. The minimum Gasteiger partial charge on any atom is -0.493 e. The summed E-state index contributed by atoms with van der Waals surface area (Å²) in [5.41, 5.74) is -0.0369. The van der Waals surface area contributed by atoms with Gasteiger partial charge in [0.2, 0.25) is 0 Å². The lowest BCUT2D eigenvalue weighted by Gasteiger charge is -2.15.